The SMILES string of the molecule is CC(C)(C)c1ccc(NC(=O)C2(C)CCCN2C(=O)OCc2ccccc2)cc1. The van der Waals surface area contributed by atoms with Gasteiger partial charge in [-0.25, -0.2) is 4.79 Å². The predicted octanol–water partition coefficient (Wildman–Crippen LogP) is 5.11. The van der Waals surface area contributed by atoms with Gasteiger partial charge in [0.25, 0.3) is 0 Å². The Morgan fingerprint density at radius 1 is 1.07 bits per heavy atom. The lowest BCUT2D eigenvalue weighted by atomic mass is 9.87. The zero-order chi connectivity index (χ0) is 21.1. The molecule has 0 radical (unpaired) electrons. The molecule has 2 amide bonds. The van der Waals surface area contributed by atoms with Crippen molar-refractivity contribution in [3.8, 4) is 0 Å². The van der Waals surface area contributed by atoms with E-state index in [0.717, 1.165) is 17.7 Å². The molecule has 1 aliphatic heterocycles. The molecule has 29 heavy (non-hydrogen) atoms. The Morgan fingerprint density at radius 2 is 1.72 bits per heavy atom. The molecule has 0 aromatic heterocycles. The summed E-state index contributed by atoms with van der Waals surface area (Å²) >= 11 is 0. The van der Waals surface area contributed by atoms with Gasteiger partial charge in [0, 0.05) is 12.2 Å². The van der Waals surface area contributed by atoms with E-state index in [4.69, 9.17) is 4.74 Å². The second-order valence-electron chi connectivity index (χ2n) is 8.85. The second kappa shape index (κ2) is 8.27. The van der Waals surface area contributed by atoms with Crippen LogP contribution in [0.1, 0.15) is 51.7 Å². The van der Waals surface area contributed by atoms with Gasteiger partial charge in [-0.3, -0.25) is 9.69 Å². The zero-order valence-electron chi connectivity index (χ0n) is 17.7. The number of nitrogens with zero attached hydrogens (tertiary/aromatic N) is 1. The summed E-state index contributed by atoms with van der Waals surface area (Å²) in [5.41, 5.74) is 1.99. The van der Waals surface area contributed by atoms with Crippen molar-refractivity contribution in [1.29, 1.82) is 0 Å². The molecule has 3 rings (SSSR count). The Morgan fingerprint density at radius 3 is 2.34 bits per heavy atom. The van der Waals surface area contributed by atoms with Crippen molar-refractivity contribution in [3.63, 3.8) is 0 Å². The third kappa shape index (κ3) is 4.78. The average Bonchev–Trinajstić information content (AvgIpc) is 3.10. The number of benzene rings is 2. The standard InChI is InChI=1S/C24H30N2O3/c1-23(2,3)19-11-13-20(14-12-19)25-21(27)24(4)15-8-16-26(24)22(28)29-17-18-9-6-5-7-10-18/h5-7,9-14H,8,15-17H2,1-4H3,(H,25,27). The number of hydrogen-bond donors (Lipinski definition) is 1. The van der Waals surface area contributed by atoms with Gasteiger partial charge in [-0.1, -0.05) is 63.2 Å². The number of ether oxygens (including phenoxy) is 1. The number of carbonyl (C=O) groups excluding carboxylic acids is 2. The molecular weight excluding hydrogens is 364 g/mol. The molecular formula is C24H30N2O3. The van der Waals surface area contributed by atoms with Crippen LogP contribution in [0.3, 0.4) is 0 Å². The van der Waals surface area contributed by atoms with E-state index in [1.807, 2.05) is 61.5 Å². The summed E-state index contributed by atoms with van der Waals surface area (Å²) in [6.07, 6.45) is 0.930. The number of amides is 2. The first-order valence-corrected chi connectivity index (χ1v) is 10.1. The Balaban J connectivity index is 1.65. The number of anilines is 1. The number of rotatable bonds is 4. The summed E-state index contributed by atoms with van der Waals surface area (Å²) in [6, 6.07) is 17.4. The molecule has 1 saturated heterocycles. The first-order valence-electron chi connectivity index (χ1n) is 10.1. The molecule has 1 fully saturated rings. The van der Waals surface area contributed by atoms with Crippen molar-refractivity contribution in [1.82, 2.24) is 4.90 Å². The van der Waals surface area contributed by atoms with Crippen LogP contribution in [0.4, 0.5) is 10.5 Å². The highest BCUT2D eigenvalue weighted by Gasteiger charge is 2.46. The van der Waals surface area contributed by atoms with E-state index in [0.29, 0.717) is 13.0 Å². The molecule has 5 nitrogen and oxygen atoms in total. The van der Waals surface area contributed by atoms with Gasteiger partial charge in [0.2, 0.25) is 5.91 Å². The Labute approximate surface area is 173 Å². The maximum absolute atomic E-state index is 13.0. The van der Waals surface area contributed by atoms with E-state index in [9.17, 15) is 9.59 Å². The van der Waals surface area contributed by atoms with Crippen molar-refractivity contribution in [2.24, 2.45) is 0 Å². The molecule has 5 heteroatoms. The Hall–Kier alpha value is -2.82. The topological polar surface area (TPSA) is 58.6 Å². The van der Waals surface area contributed by atoms with Crippen molar-refractivity contribution >= 4 is 17.7 Å². The van der Waals surface area contributed by atoms with Crippen LogP contribution >= 0.6 is 0 Å². The highest BCUT2D eigenvalue weighted by atomic mass is 16.6. The van der Waals surface area contributed by atoms with E-state index in [1.54, 1.807) is 4.90 Å². The van der Waals surface area contributed by atoms with Crippen molar-refractivity contribution in [2.75, 3.05) is 11.9 Å². The number of nitrogens with one attached hydrogen (secondary N) is 1. The summed E-state index contributed by atoms with van der Waals surface area (Å²) in [7, 11) is 0. The van der Waals surface area contributed by atoms with Gasteiger partial charge in [-0.05, 0) is 48.4 Å². The van der Waals surface area contributed by atoms with Crippen LogP contribution in [-0.4, -0.2) is 29.0 Å². The van der Waals surface area contributed by atoms with Crippen LogP contribution in [0.25, 0.3) is 0 Å². The number of hydrogen-bond acceptors (Lipinski definition) is 3. The molecule has 1 aliphatic rings. The van der Waals surface area contributed by atoms with Crippen molar-refractivity contribution in [2.45, 2.75) is 58.1 Å². The summed E-state index contributed by atoms with van der Waals surface area (Å²) < 4.78 is 5.47. The normalized spacial score (nSPS) is 19.1. The molecule has 0 spiro atoms. The van der Waals surface area contributed by atoms with Crippen LogP contribution in [-0.2, 0) is 21.6 Å². The third-order valence-corrected chi connectivity index (χ3v) is 5.56. The zero-order valence-corrected chi connectivity index (χ0v) is 17.7. The molecule has 1 heterocycles. The largest absolute Gasteiger partial charge is 0.445 e. The van der Waals surface area contributed by atoms with Crippen LogP contribution in [0, 0.1) is 0 Å². The summed E-state index contributed by atoms with van der Waals surface area (Å²) in [5.74, 6) is -0.185. The predicted molar refractivity (Wildman–Crippen MR) is 115 cm³/mol. The van der Waals surface area contributed by atoms with Gasteiger partial charge in [0.05, 0.1) is 0 Å². The molecule has 1 unspecified atom stereocenters. The smallest absolute Gasteiger partial charge is 0.410 e. The minimum Gasteiger partial charge on any atom is -0.445 e. The first-order chi connectivity index (χ1) is 13.7. The maximum Gasteiger partial charge on any atom is 0.410 e. The molecule has 154 valence electrons. The van der Waals surface area contributed by atoms with E-state index >= 15 is 0 Å². The second-order valence-corrected chi connectivity index (χ2v) is 8.85. The summed E-state index contributed by atoms with van der Waals surface area (Å²) in [4.78, 5) is 27.3. The molecule has 2 aromatic carbocycles. The van der Waals surface area contributed by atoms with Crippen molar-refractivity contribution < 1.29 is 14.3 Å². The highest BCUT2D eigenvalue weighted by molar-refractivity contribution is 6.00. The van der Waals surface area contributed by atoms with Crippen LogP contribution < -0.4 is 5.32 Å². The van der Waals surface area contributed by atoms with Crippen LogP contribution in [0.5, 0.6) is 0 Å². The fraction of sp³-hybridized carbons (Fsp3) is 0.417. The van der Waals surface area contributed by atoms with Gasteiger partial charge < -0.3 is 10.1 Å². The fourth-order valence-electron chi connectivity index (χ4n) is 3.61. The molecule has 0 aliphatic carbocycles. The lowest BCUT2D eigenvalue weighted by Crippen LogP contribution is -2.53. The number of carbonyl (C=O) groups is 2. The Bertz CT molecular complexity index is 856. The van der Waals surface area contributed by atoms with E-state index in [2.05, 4.69) is 26.1 Å². The van der Waals surface area contributed by atoms with Gasteiger partial charge >= 0.3 is 6.09 Å². The van der Waals surface area contributed by atoms with Crippen LogP contribution in [0.15, 0.2) is 54.6 Å². The monoisotopic (exact) mass is 394 g/mol. The number of likely N-dealkylation sites (tertiary alicyclic amines) is 1. The third-order valence-electron chi connectivity index (χ3n) is 5.56. The molecule has 1 N–H and O–H groups in total. The van der Waals surface area contributed by atoms with Crippen molar-refractivity contribution in [3.05, 3.63) is 65.7 Å². The first kappa shape index (κ1) is 20.9. The maximum atomic E-state index is 13.0. The lowest BCUT2D eigenvalue weighted by Gasteiger charge is -2.33. The minimum atomic E-state index is -0.920. The van der Waals surface area contributed by atoms with E-state index in [-0.39, 0.29) is 17.9 Å². The quantitative estimate of drug-likeness (QED) is 0.783. The highest BCUT2D eigenvalue weighted by Crippen LogP contribution is 2.31. The Kier molecular flexibility index (Phi) is 5.96. The summed E-state index contributed by atoms with van der Waals surface area (Å²) in [5, 5.41) is 2.97. The van der Waals surface area contributed by atoms with Gasteiger partial charge in [0.1, 0.15) is 12.1 Å². The molecule has 2 aromatic rings. The molecule has 0 bridgehead atoms. The van der Waals surface area contributed by atoms with Crippen LogP contribution in [0.2, 0.25) is 0 Å². The van der Waals surface area contributed by atoms with Gasteiger partial charge in [-0.15, -0.1) is 0 Å². The average molecular weight is 395 g/mol. The molecule has 1 atom stereocenters. The fourth-order valence-corrected chi connectivity index (χ4v) is 3.61. The summed E-state index contributed by atoms with van der Waals surface area (Å²) in [6.45, 7) is 8.97. The van der Waals surface area contributed by atoms with E-state index in [1.165, 1.54) is 5.56 Å². The minimum absolute atomic E-state index is 0.0548. The lowest BCUT2D eigenvalue weighted by molar-refractivity contribution is -0.125. The van der Waals surface area contributed by atoms with Gasteiger partial charge in [-0.2, -0.15) is 0 Å². The molecule has 0 saturated carbocycles. The van der Waals surface area contributed by atoms with E-state index < -0.39 is 11.6 Å². The van der Waals surface area contributed by atoms with Gasteiger partial charge in [0.15, 0.2) is 0 Å².